The van der Waals surface area contributed by atoms with Crippen molar-refractivity contribution in [2.24, 2.45) is 50.2 Å². The largest absolute Gasteiger partial charge is 0.295 e. The van der Waals surface area contributed by atoms with Gasteiger partial charge >= 0.3 is 0 Å². The Bertz CT molecular complexity index is 1090. The average Bonchev–Trinajstić information content (AvgIpc) is 2.74. The van der Waals surface area contributed by atoms with Crippen molar-refractivity contribution in [1.29, 1.82) is 5.26 Å². The number of rotatable bonds is 0. The van der Waals surface area contributed by atoms with Crippen LogP contribution in [-0.2, 0) is 9.59 Å². The lowest BCUT2D eigenvalue weighted by Crippen LogP contribution is -2.64. The lowest BCUT2D eigenvalue weighted by Gasteiger charge is -2.69. The van der Waals surface area contributed by atoms with Crippen LogP contribution in [0.5, 0.6) is 0 Å². The van der Waals surface area contributed by atoms with Gasteiger partial charge in [-0.3, -0.25) is 9.59 Å². The molecule has 0 amide bonds. The maximum Gasteiger partial charge on any atom is 0.178 e. The van der Waals surface area contributed by atoms with Crippen molar-refractivity contribution in [2.45, 2.75) is 100 Å². The van der Waals surface area contributed by atoms with Crippen LogP contribution in [-0.4, -0.2) is 11.6 Å². The fourth-order valence-corrected chi connectivity index (χ4v) is 9.89. The highest BCUT2D eigenvalue weighted by atomic mass is 16.1. The van der Waals surface area contributed by atoms with Crippen molar-refractivity contribution in [2.75, 3.05) is 0 Å². The molecule has 0 aromatic heterocycles. The second-order valence-corrected chi connectivity index (χ2v) is 14.9. The summed E-state index contributed by atoms with van der Waals surface area (Å²) in [5.41, 5.74) is 0.785. The Labute approximate surface area is 206 Å². The summed E-state index contributed by atoms with van der Waals surface area (Å²) in [6, 6.07) is 2.20. The number of nitrogens with zero attached hydrogens (tertiary/aromatic N) is 1. The lowest BCUT2D eigenvalue weighted by atomic mass is 9.34. The number of fused-ring (bicyclic) bond motifs is 7. The standard InChI is InChI=1S/C31H43NO2/c1-26(2)11-12-28(5)13-14-31(8)24(20(28)17-26)21(33)15-23-29(6)16-19(18-32)25(34)27(3,4)22(29)9-10-30(23,31)7/h15-16,20,22,24H,9-14,17H2,1-8H3/t20-,22-,24-,28+,29-,30+,31+/m0/s1. The number of nitriles is 1. The topological polar surface area (TPSA) is 57.9 Å². The summed E-state index contributed by atoms with van der Waals surface area (Å²) in [6.45, 7) is 18.3. The van der Waals surface area contributed by atoms with Crippen molar-refractivity contribution >= 4 is 11.6 Å². The molecule has 0 unspecified atom stereocenters. The van der Waals surface area contributed by atoms with Crippen LogP contribution in [0.1, 0.15) is 100 Å². The van der Waals surface area contributed by atoms with Crippen LogP contribution in [0.25, 0.3) is 0 Å². The van der Waals surface area contributed by atoms with Crippen LogP contribution < -0.4 is 0 Å². The molecule has 3 fully saturated rings. The highest BCUT2D eigenvalue weighted by molar-refractivity contribution is 6.04. The maximum absolute atomic E-state index is 14.2. The first-order chi connectivity index (χ1) is 15.6. The van der Waals surface area contributed by atoms with Crippen molar-refractivity contribution in [3.8, 4) is 6.07 Å². The number of allylic oxidation sites excluding steroid dienone is 4. The van der Waals surface area contributed by atoms with Crippen LogP contribution in [0.15, 0.2) is 23.3 Å². The zero-order valence-electron chi connectivity index (χ0n) is 22.6. The van der Waals surface area contributed by atoms with Gasteiger partial charge in [0.05, 0.1) is 5.57 Å². The van der Waals surface area contributed by atoms with E-state index in [0.29, 0.717) is 11.7 Å². The van der Waals surface area contributed by atoms with Crippen molar-refractivity contribution in [1.82, 2.24) is 0 Å². The summed E-state index contributed by atoms with van der Waals surface area (Å²) in [7, 11) is 0. The summed E-state index contributed by atoms with van der Waals surface area (Å²) in [5.74, 6) is 0.881. The van der Waals surface area contributed by atoms with Gasteiger partial charge in [-0.25, -0.2) is 0 Å². The third-order valence-electron chi connectivity index (χ3n) is 12.3. The van der Waals surface area contributed by atoms with Gasteiger partial charge in [-0.2, -0.15) is 5.26 Å². The van der Waals surface area contributed by atoms with E-state index in [9.17, 15) is 14.9 Å². The quantitative estimate of drug-likeness (QED) is 0.382. The van der Waals surface area contributed by atoms with Crippen molar-refractivity contribution < 1.29 is 9.59 Å². The molecule has 0 radical (unpaired) electrons. The number of hydrogen-bond donors (Lipinski definition) is 0. The highest BCUT2D eigenvalue weighted by Crippen LogP contribution is 2.74. The van der Waals surface area contributed by atoms with Gasteiger partial charge in [0.15, 0.2) is 11.6 Å². The molecule has 0 heterocycles. The maximum atomic E-state index is 14.2. The molecule has 5 rings (SSSR count). The Hall–Kier alpha value is -1.69. The number of hydrogen-bond acceptors (Lipinski definition) is 3. The molecule has 0 aromatic rings. The SMILES string of the molecule is CC1(C)CC[C@]2(C)CC[C@]3(C)[C@H](C(=O)C=C4[C@@]5(C)C=C(C#N)C(=O)C(C)(C)[C@@H]5CC[C@]43C)[C@@H]2C1. The molecule has 3 saturated carbocycles. The summed E-state index contributed by atoms with van der Waals surface area (Å²) in [5, 5.41) is 9.83. The van der Waals surface area contributed by atoms with Gasteiger partial charge in [-0.1, -0.05) is 67.0 Å². The molecular formula is C31H43NO2. The van der Waals surface area contributed by atoms with Gasteiger partial charge in [-0.15, -0.1) is 0 Å². The number of ketones is 2. The van der Waals surface area contributed by atoms with E-state index in [-0.39, 0.29) is 44.9 Å². The van der Waals surface area contributed by atoms with E-state index in [2.05, 4.69) is 47.6 Å². The molecule has 0 bridgehead atoms. The predicted molar refractivity (Wildman–Crippen MR) is 135 cm³/mol. The molecule has 3 heteroatoms. The lowest BCUT2D eigenvalue weighted by molar-refractivity contribution is -0.168. The van der Waals surface area contributed by atoms with Gasteiger partial charge in [0.25, 0.3) is 0 Å². The molecule has 0 aliphatic heterocycles. The van der Waals surface area contributed by atoms with E-state index in [1.54, 1.807) is 0 Å². The first kappa shape index (κ1) is 24.0. The van der Waals surface area contributed by atoms with E-state index in [1.165, 1.54) is 24.8 Å². The molecule has 5 aliphatic rings. The smallest absolute Gasteiger partial charge is 0.178 e. The molecule has 184 valence electrons. The second kappa shape index (κ2) is 6.74. The Morgan fingerprint density at radius 2 is 1.56 bits per heavy atom. The molecule has 0 saturated heterocycles. The minimum absolute atomic E-state index is 0.0363. The van der Waals surface area contributed by atoms with Gasteiger partial charge in [-0.05, 0) is 84.5 Å². The zero-order chi connectivity index (χ0) is 25.1. The Kier molecular flexibility index (Phi) is 4.77. The number of carbonyl (C=O) groups is 2. The molecule has 0 aromatic carbocycles. The fourth-order valence-electron chi connectivity index (χ4n) is 9.89. The summed E-state index contributed by atoms with van der Waals surface area (Å²) in [4.78, 5) is 27.4. The number of carbonyl (C=O) groups excluding carboxylic acids is 2. The zero-order valence-corrected chi connectivity index (χ0v) is 22.6. The summed E-state index contributed by atoms with van der Waals surface area (Å²) < 4.78 is 0. The minimum Gasteiger partial charge on any atom is -0.295 e. The monoisotopic (exact) mass is 461 g/mol. The van der Waals surface area contributed by atoms with Crippen LogP contribution >= 0.6 is 0 Å². The van der Waals surface area contributed by atoms with Crippen LogP contribution in [0, 0.1) is 61.6 Å². The number of Topliss-reactive ketones (excluding diaryl/α,β-unsaturated/α-hetero) is 1. The van der Waals surface area contributed by atoms with E-state index < -0.39 is 10.8 Å². The molecular weight excluding hydrogens is 418 g/mol. The molecule has 0 N–H and O–H groups in total. The molecule has 3 nitrogen and oxygen atoms in total. The van der Waals surface area contributed by atoms with Crippen LogP contribution in [0.3, 0.4) is 0 Å². The van der Waals surface area contributed by atoms with E-state index >= 15 is 0 Å². The minimum atomic E-state index is -0.601. The van der Waals surface area contributed by atoms with E-state index in [4.69, 9.17) is 0 Å². The highest BCUT2D eigenvalue weighted by Gasteiger charge is 2.69. The van der Waals surface area contributed by atoms with Crippen molar-refractivity contribution in [3.05, 3.63) is 23.3 Å². The molecule has 5 aliphatic carbocycles. The summed E-state index contributed by atoms with van der Waals surface area (Å²) >= 11 is 0. The third kappa shape index (κ3) is 2.75. The summed E-state index contributed by atoms with van der Waals surface area (Å²) in [6.07, 6.45) is 11.8. The normalized spacial score (nSPS) is 48.9. The van der Waals surface area contributed by atoms with Crippen LogP contribution in [0.4, 0.5) is 0 Å². The third-order valence-corrected chi connectivity index (χ3v) is 12.3. The van der Waals surface area contributed by atoms with Gasteiger partial charge < -0.3 is 0 Å². The van der Waals surface area contributed by atoms with Gasteiger partial charge in [0.1, 0.15) is 6.07 Å². The Morgan fingerprint density at radius 3 is 2.21 bits per heavy atom. The van der Waals surface area contributed by atoms with Crippen molar-refractivity contribution in [3.63, 3.8) is 0 Å². The Balaban J connectivity index is 1.69. The fraction of sp³-hybridized carbons (Fsp3) is 0.774. The van der Waals surface area contributed by atoms with E-state index in [1.807, 2.05) is 26.0 Å². The molecule has 7 atom stereocenters. The van der Waals surface area contributed by atoms with E-state index in [0.717, 1.165) is 25.7 Å². The second-order valence-electron chi connectivity index (χ2n) is 14.9. The Morgan fingerprint density at radius 1 is 0.912 bits per heavy atom. The molecule has 0 spiro atoms. The van der Waals surface area contributed by atoms with Crippen LogP contribution in [0.2, 0.25) is 0 Å². The average molecular weight is 462 g/mol. The van der Waals surface area contributed by atoms with Gasteiger partial charge in [0.2, 0.25) is 0 Å². The van der Waals surface area contributed by atoms with Gasteiger partial charge in [0, 0.05) is 16.7 Å². The molecule has 34 heavy (non-hydrogen) atoms. The predicted octanol–water partition coefficient (Wildman–Crippen LogP) is 7.23. The first-order valence-electron chi connectivity index (χ1n) is 13.5. The first-order valence-corrected chi connectivity index (χ1v) is 13.5.